The molecule has 2 rings (SSSR count). The van der Waals surface area contributed by atoms with Gasteiger partial charge in [-0.15, -0.1) is 0 Å². The number of rotatable bonds is 2. The first-order valence-corrected chi connectivity index (χ1v) is 5.04. The summed E-state index contributed by atoms with van der Waals surface area (Å²) in [5.41, 5.74) is 9.06. The molecule has 0 saturated heterocycles. The molecule has 0 fully saturated rings. The van der Waals surface area contributed by atoms with Crippen LogP contribution >= 0.6 is 0 Å². The van der Waals surface area contributed by atoms with Gasteiger partial charge in [0.15, 0.2) is 0 Å². The van der Waals surface area contributed by atoms with Gasteiger partial charge in [-0.2, -0.15) is 0 Å². The van der Waals surface area contributed by atoms with Crippen LogP contribution in [0.3, 0.4) is 0 Å². The van der Waals surface area contributed by atoms with Crippen molar-refractivity contribution in [3.63, 3.8) is 0 Å². The lowest BCUT2D eigenvalue weighted by molar-refractivity contribution is 0.789. The minimum absolute atomic E-state index is 0.00306. The predicted molar refractivity (Wildman–Crippen MR) is 61.4 cm³/mol. The topological polar surface area (TPSA) is 54.7 Å². The molecule has 15 heavy (non-hydrogen) atoms. The Morgan fingerprint density at radius 3 is 2.47 bits per heavy atom. The van der Waals surface area contributed by atoms with E-state index >= 15 is 0 Å². The van der Waals surface area contributed by atoms with E-state index in [9.17, 15) is 0 Å². The fraction of sp³-hybridized carbons (Fsp3) is 0.250. The van der Waals surface area contributed by atoms with Crippen molar-refractivity contribution in [3.05, 3.63) is 41.7 Å². The van der Waals surface area contributed by atoms with Gasteiger partial charge in [0.05, 0.1) is 11.9 Å². The minimum atomic E-state index is -0.00306. The van der Waals surface area contributed by atoms with Gasteiger partial charge in [0.2, 0.25) is 0 Å². The maximum Gasteiger partial charge on any atom is 0.137 e. The Balaban J connectivity index is 2.33. The maximum atomic E-state index is 5.76. The second kappa shape index (κ2) is 3.87. The molecule has 1 aromatic heterocycles. The normalized spacial score (nSPS) is 12.7. The number of H-pyrrole nitrogens is 1. The summed E-state index contributed by atoms with van der Waals surface area (Å²) >= 11 is 0. The van der Waals surface area contributed by atoms with Crippen molar-refractivity contribution in [3.8, 4) is 11.4 Å². The van der Waals surface area contributed by atoms with Gasteiger partial charge < -0.3 is 10.7 Å². The van der Waals surface area contributed by atoms with E-state index in [4.69, 9.17) is 5.73 Å². The van der Waals surface area contributed by atoms with Crippen LogP contribution in [0, 0.1) is 6.92 Å². The molecule has 0 aliphatic heterocycles. The Labute approximate surface area is 89.4 Å². The van der Waals surface area contributed by atoms with Gasteiger partial charge in [-0.1, -0.05) is 29.8 Å². The van der Waals surface area contributed by atoms with E-state index in [1.165, 1.54) is 5.56 Å². The fourth-order valence-electron chi connectivity index (χ4n) is 1.42. The first-order chi connectivity index (χ1) is 7.16. The van der Waals surface area contributed by atoms with Gasteiger partial charge in [0.1, 0.15) is 5.82 Å². The molecule has 1 atom stereocenters. The molecule has 78 valence electrons. The molecule has 3 nitrogen and oxygen atoms in total. The second-order valence-electron chi connectivity index (χ2n) is 3.84. The average molecular weight is 201 g/mol. The molecule has 0 saturated carbocycles. The number of benzene rings is 1. The molecule has 3 N–H and O–H groups in total. The number of hydrogen-bond donors (Lipinski definition) is 2. The summed E-state index contributed by atoms with van der Waals surface area (Å²) in [7, 11) is 0. The fourth-order valence-corrected chi connectivity index (χ4v) is 1.42. The van der Waals surface area contributed by atoms with Crippen LogP contribution in [-0.4, -0.2) is 9.97 Å². The largest absolute Gasteiger partial charge is 0.341 e. The number of hydrogen-bond acceptors (Lipinski definition) is 2. The number of aromatic nitrogens is 2. The highest BCUT2D eigenvalue weighted by Gasteiger charge is 2.05. The first-order valence-electron chi connectivity index (χ1n) is 5.04. The number of aryl methyl sites for hydroxylation is 1. The van der Waals surface area contributed by atoms with E-state index in [0.717, 1.165) is 17.1 Å². The lowest BCUT2D eigenvalue weighted by Crippen LogP contribution is -2.04. The third kappa shape index (κ3) is 2.07. The van der Waals surface area contributed by atoms with Gasteiger partial charge in [0.25, 0.3) is 0 Å². The summed E-state index contributed by atoms with van der Waals surface area (Å²) in [6.07, 6.45) is 1.79. The van der Waals surface area contributed by atoms with Crippen LogP contribution in [0.5, 0.6) is 0 Å². The Hall–Kier alpha value is -1.61. The van der Waals surface area contributed by atoms with E-state index in [1.54, 1.807) is 6.20 Å². The number of nitrogens with one attached hydrogen (secondary N) is 1. The van der Waals surface area contributed by atoms with Gasteiger partial charge in [-0.25, -0.2) is 4.98 Å². The summed E-state index contributed by atoms with van der Waals surface area (Å²) in [6.45, 7) is 4.01. The van der Waals surface area contributed by atoms with Crippen LogP contribution < -0.4 is 5.73 Å². The standard InChI is InChI=1S/C12H15N3/c1-8-3-5-10(6-4-8)12-14-7-11(15-12)9(2)13/h3-7,9H,13H2,1-2H3,(H,14,15). The third-order valence-corrected chi connectivity index (χ3v) is 2.41. The quantitative estimate of drug-likeness (QED) is 0.784. The molecule has 1 aromatic carbocycles. The third-order valence-electron chi connectivity index (χ3n) is 2.41. The van der Waals surface area contributed by atoms with E-state index in [2.05, 4.69) is 41.2 Å². The maximum absolute atomic E-state index is 5.76. The van der Waals surface area contributed by atoms with Crippen molar-refractivity contribution >= 4 is 0 Å². The number of aromatic amines is 1. The summed E-state index contributed by atoms with van der Waals surface area (Å²) in [6, 6.07) is 8.25. The Morgan fingerprint density at radius 2 is 1.93 bits per heavy atom. The number of nitrogens with two attached hydrogens (primary N) is 1. The van der Waals surface area contributed by atoms with Gasteiger partial charge in [-0.3, -0.25) is 0 Å². The predicted octanol–water partition coefficient (Wildman–Crippen LogP) is 2.40. The van der Waals surface area contributed by atoms with E-state index in [1.807, 2.05) is 6.92 Å². The van der Waals surface area contributed by atoms with Crippen LogP contribution in [0.15, 0.2) is 30.5 Å². The molecule has 2 aromatic rings. The second-order valence-corrected chi connectivity index (χ2v) is 3.84. The van der Waals surface area contributed by atoms with Crippen molar-refractivity contribution in [2.45, 2.75) is 19.9 Å². The molecular weight excluding hydrogens is 186 g/mol. The summed E-state index contributed by atoms with van der Waals surface area (Å²) in [5.74, 6) is 0.877. The van der Waals surface area contributed by atoms with Gasteiger partial charge in [0, 0.05) is 11.6 Å². The zero-order valence-electron chi connectivity index (χ0n) is 8.99. The van der Waals surface area contributed by atoms with Crippen molar-refractivity contribution in [2.75, 3.05) is 0 Å². The number of imidazole rings is 1. The highest BCUT2D eigenvalue weighted by atomic mass is 14.9. The smallest absolute Gasteiger partial charge is 0.137 e. The molecule has 3 heteroatoms. The minimum Gasteiger partial charge on any atom is -0.341 e. The molecule has 0 amide bonds. The van der Waals surface area contributed by atoms with Crippen LogP contribution in [0.1, 0.15) is 24.2 Å². The number of nitrogens with zero attached hydrogens (tertiary/aromatic N) is 1. The Kier molecular flexibility index (Phi) is 2.56. The highest BCUT2D eigenvalue weighted by Crippen LogP contribution is 2.17. The average Bonchev–Trinajstić information content (AvgIpc) is 2.68. The van der Waals surface area contributed by atoms with E-state index in [-0.39, 0.29) is 6.04 Å². The zero-order valence-corrected chi connectivity index (χ0v) is 8.99. The van der Waals surface area contributed by atoms with Crippen molar-refractivity contribution in [2.24, 2.45) is 5.73 Å². The zero-order chi connectivity index (χ0) is 10.8. The van der Waals surface area contributed by atoms with Crippen LogP contribution in [0.2, 0.25) is 0 Å². The molecule has 0 radical (unpaired) electrons. The van der Waals surface area contributed by atoms with Crippen molar-refractivity contribution in [1.29, 1.82) is 0 Å². The monoisotopic (exact) mass is 201 g/mol. The van der Waals surface area contributed by atoms with Crippen LogP contribution in [-0.2, 0) is 0 Å². The molecule has 1 heterocycles. The van der Waals surface area contributed by atoms with Crippen molar-refractivity contribution in [1.82, 2.24) is 9.97 Å². The Morgan fingerprint density at radius 1 is 1.27 bits per heavy atom. The Bertz CT molecular complexity index is 440. The van der Waals surface area contributed by atoms with Gasteiger partial charge >= 0.3 is 0 Å². The lowest BCUT2D eigenvalue weighted by Gasteiger charge is -2.00. The van der Waals surface area contributed by atoms with Gasteiger partial charge in [-0.05, 0) is 13.8 Å². The molecule has 0 aliphatic carbocycles. The lowest BCUT2D eigenvalue weighted by atomic mass is 10.1. The highest BCUT2D eigenvalue weighted by molar-refractivity contribution is 5.55. The molecule has 0 aliphatic rings. The van der Waals surface area contributed by atoms with Crippen molar-refractivity contribution < 1.29 is 0 Å². The van der Waals surface area contributed by atoms with E-state index < -0.39 is 0 Å². The van der Waals surface area contributed by atoms with Crippen LogP contribution in [0.25, 0.3) is 11.4 Å². The summed E-state index contributed by atoms with van der Waals surface area (Å²) in [4.78, 5) is 7.51. The van der Waals surface area contributed by atoms with E-state index in [0.29, 0.717) is 0 Å². The molecule has 0 bridgehead atoms. The molecule has 1 unspecified atom stereocenters. The summed E-state index contributed by atoms with van der Waals surface area (Å²) in [5, 5.41) is 0. The molecule has 0 spiro atoms. The SMILES string of the molecule is Cc1ccc(-c2ncc(C(C)N)[nH]2)cc1. The molecular formula is C12H15N3. The first kappa shape index (κ1) is 9.93. The van der Waals surface area contributed by atoms with Crippen LogP contribution in [0.4, 0.5) is 0 Å². The summed E-state index contributed by atoms with van der Waals surface area (Å²) < 4.78 is 0.